The van der Waals surface area contributed by atoms with Gasteiger partial charge in [0, 0.05) is 17.9 Å². The van der Waals surface area contributed by atoms with Crippen molar-refractivity contribution in [3.63, 3.8) is 0 Å². The summed E-state index contributed by atoms with van der Waals surface area (Å²) in [6.07, 6.45) is 0. The molecule has 1 spiro atoms. The van der Waals surface area contributed by atoms with Crippen LogP contribution in [0.2, 0.25) is 0 Å². The summed E-state index contributed by atoms with van der Waals surface area (Å²) in [4.78, 5) is 14.4. The van der Waals surface area contributed by atoms with Crippen molar-refractivity contribution < 1.29 is 4.79 Å². The van der Waals surface area contributed by atoms with Gasteiger partial charge in [-0.25, -0.2) is 0 Å². The van der Waals surface area contributed by atoms with Crippen molar-refractivity contribution in [2.75, 3.05) is 17.2 Å². The highest BCUT2D eigenvalue weighted by Crippen LogP contribution is 2.49. The minimum Gasteiger partial charge on any atom is -0.305 e. The van der Waals surface area contributed by atoms with E-state index in [2.05, 4.69) is 23.5 Å². The van der Waals surface area contributed by atoms with Crippen LogP contribution in [0.1, 0.15) is 11.1 Å². The van der Waals surface area contributed by atoms with Crippen molar-refractivity contribution in [2.45, 2.75) is 11.4 Å². The SMILES string of the molecule is O=C1N(Cc2ccccc2)c2ccccc2C12NCCS2. The molecule has 3 nitrogen and oxygen atoms in total. The highest BCUT2D eigenvalue weighted by molar-refractivity contribution is 8.01. The van der Waals surface area contributed by atoms with Crippen LogP contribution in [-0.4, -0.2) is 18.2 Å². The Hall–Kier alpha value is -1.78. The van der Waals surface area contributed by atoms with E-state index in [0.717, 1.165) is 29.1 Å². The maximum atomic E-state index is 13.0. The average molecular weight is 296 g/mol. The molecule has 4 heteroatoms. The number of hydrogen-bond donors (Lipinski definition) is 1. The second kappa shape index (κ2) is 4.90. The van der Waals surface area contributed by atoms with Gasteiger partial charge in [-0.05, 0) is 11.6 Å². The Morgan fingerprint density at radius 3 is 2.62 bits per heavy atom. The van der Waals surface area contributed by atoms with E-state index in [1.807, 2.05) is 41.3 Å². The largest absolute Gasteiger partial charge is 0.305 e. The van der Waals surface area contributed by atoms with Crippen molar-refractivity contribution in [1.82, 2.24) is 5.32 Å². The Balaban J connectivity index is 1.77. The van der Waals surface area contributed by atoms with Gasteiger partial charge in [-0.15, -0.1) is 11.8 Å². The number of nitrogens with zero attached hydrogens (tertiary/aromatic N) is 1. The van der Waals surface area contributed by atoms with E-state index in [4.69, 9.17) is 0 Å². The Labute approximate surface area is 128 Å². The topological polar surface area (TPSA) is 32.3 Å². The molecule has 1 unspecified atom stereocenters. The minimum absolute atomic E-state index is 0.162. The number of carbonyl (C=O) groups is 1. The monoisotopic (exact) mass is 296 g/mol. The number of para-hydroxylation sites is 1. The molecule has 2 heterocycles. The van der Waals surface area contributed by atoms with E-state index < -0.39 is 4.87 Å². The van der Waals surface area contributed by atoms with Gasteiger partial charge in [0.05, 0.1) is 12.2 Å². The van der Waals surface area contributed by atoms with E-state index in [-0.39, 0.29) is 5.91 Å². The van der Waals surface area contributed by atoms with Crippen molar-refractivity contribution >= 4 is 23.4 Å². The van der Waals surface area contributed by atoms with E-state index in [1.165, 1.54) is 0 Å². The summed E-state index contributed by atoms with van der Waals surface area (Å²) in [6.45, 7) is 1.50. The predicted molar refractivity (Wildman–Crippen MR) is 86.2 cm³/mol. The number of hydrogen-bond acceptors (Lipinski definition) is 3. The first-order chi connectivity index (χ1) is 10.3. The van der Waals surface area contributed by atoms with Crippen LogP contribution in [0.15, 0.2) is 54.6 Å². The molecule has 2 aromatic rings. The summed E-state index contributed by atoms with van der Waals surface area (Å²) >= 11 is 1.72. The lowest BCUT2D eigenvalue weighted by Gasteiger charge is -2.23. The van der Waals surface area contributed by atoms with Crippen LogP contribution >= 0.6 is 11.8 Å². The van der Waals surface area contributed by atoms with Crippen LogP contribution in [0.25, 0.3) is 0 Å². The highest BCUT2D eigenvalue weighted by Gasteiger charge is 2.53. The fourth-order valence-electron chi connectivity index (χ4n) is 3.14. The third-order valence-electron chi connectivity index (χ3n) is 4.10. The molecule has 0 saturated carbocycles. The van der Waals surface area contributed by atoms with E-state index in [1.54, 1.807) is 11.8 Å². The van der Waals surface area contributed by atoms with Crippen molar-refractivity contribution in [1.29, 1.82) is 0 Å². The number of rotatable bonds is 2. The number of fused-ring (bicyclic) bond motifs is 2. The molecule has 1 fully saturated rings. The van der Waals surface area contributed by atoms with Gasteiger partial charge in [-0.3, -0.25) is 10.1 Å². The molecule has 1 amide bonds. The Morgan fingerprint density at radius 1 is 1.10 bits per heavy atom. The highest BCUT2D eigenvalue weighted by atomic mass is 32.2. The molecular formula is C17H16N2OS. The van der Waals surface area contributed by atoms with Gasteiger partial charge in [0.1, 0.15) is 0 Å². The first kappa shape index (κ1) is 12.9. The molecule has 2 aliphatic rings. The maximum absolute atomic E-state index is 13.0. The van der Waals surface area contributed by atoms with Gasteiger partial charge in [-0.2, -0.15) is 0 Å². The van der Waals surface area contributed by atoms with E-state index in [0.29, 0.717) is 6.54 Å². The molecule has 1 saturated heterocycles. The van der Waals surface area contributed by atoms with Gasteiger partial charge in [0.15, 0.2) is 4.87 Å². The second-order valence-electron chi connectivity index (χ2n) is 5.35. The van der Waals surface area contributed by atoms with Crippen molar-refractivity contribution in [3.8, 4) is 0 Å². The molecule has 1 atom stereocenters. The van der Waals surface area contributed by atoms with Crippen LogP contribution in [0.4, 0.5) is 5.69 Å². The van der Waals surface area contributed by atoms with Gasteiger partial charge in [0.25, 0.3) is 5.91 Å². The molecule has 0 radical (unpaired) electrons. The number of amides is 1. The van der Waals surface area contributed by atoms with Crippen molar-refractivity contribution in [3.05, 3.63) is 65.7 Å². The molecule has 0 bridgehead atoms. The Bertz CT molecular complexity index is 680. The molecule has 2 aliphatic heterocycles. The zero-order valence-electron chi connectivity index (χ0n) is 11.6. The number of benzene rings is 2. The maximum Gasteiger partial charge on any atom is 0.262 e. The first-order valence-electron chi connectivity index (χ1n) is 7.16. The third kappa shape index (κ3) is 1.90. The summed E-state index contributed by atoms with van der Waals surface area (Å²) in [5.74, 6) is 1.13. The van der Waals surface area contributed by atoms with Gasteiger partial charge >= 0.3 is 0 Å². The minimum atomic E-state index is -0.564. The zero-order chi connectivity index (χ0) is 14.3. The first-order valence-corrected chi connectivity index (χ1v) is 8.14. The molecule has 2 aromatic carbocycles. The van der Waals surface area contributed by atoms with Crippen LogP contribution in [0.3, 0.4) is 0 Å². The fourth-order valence-corrected chi connectivity index (χ4v) is 4.41. The van der Waals surface area contributed by atoms with Crippen molar-refractivity contribution in [2.24, 2.45) is 0 Å². The lowest BCUT2D eigenvalue weighted by atomic mass is 10.1. The summed E-state index contributed by atoms with van der Waals surface area (Å²) in [7, 11) is 0. The summed E-state index contributed by atoms with van der Waals surface area (Å²) in [5, 5.41) is 3.43. The third-order valence-corrected chi connectivity index (χ3v) is 5.48. The molecule has 0 aliphatic carbocycles. The van der Waals surface area contributed by atoms with E-state index >= 15 is 0 Å². The molecule has 1 N–H and O–H groups in total. The molecule has 21 heavy (non-hydrogen) atoms. The Kier molecular flexibility index (Phi) is 3.01. The van der Waals surface area contributed by atoms with Crippen LogP contribution < -0.4 is 10.2 Å². The quantitative estimate of drug-likeness (QED) is 0.925. The van der Waals surface area contributed by atoms with Crippen LogP contribution in [0, 0.1) is 0 Å². The zero-order valence-corrected chi connectivity index (χ0v) is 12.4. The number of anilines is 1. The number of thioether (sulfide) groups is 1. The predicted octanol–water partition coefficient (Wildman–Crippen LogP) is 2.72. The lowest BCUT2D eigenvalue weighted by molar-refractivity contribution is -0.121. The molecule has 0 aromatic heterocycles. The summed E-state index contributed by atoms with van der Waals surface area (Å²) in [6, 6.07) is 18.3. The smallest absolute Gasteiger partial charge is 0.262 e. The van der Waals surface area contributed by atoms with E-state index in [9.17, 15) is 4.79 Å². The standard InChI is InChI=1S/C17H16N2OS/c20-16-17(18-10-11-21-17)14-8-4-5-9-15(14)19(16)12-13-6-2-1-3-7-13/h1-9,18H,10-12H2. The average Bonchev–Trinajstić information content (AvgIpc) is 3.11. The van der Waals surface area contributed by atoms with Crippen LogP contribution in [-0.2, 0) is 16.2 Å². The Morgan fingerprint density at radius 2 is 1.86 bits per heavy atom. The lowest BCUT2D eigenvalue weighted by Crippen LogP contribution is -2.44. The van der Waals surface area contributed by atoms with Crippen LogP contribution in [0.5, 0.6) is 0 Å². The molecule has 106 valence electrons. The second-order valence-corrected chi connectivity index (χ2v) is 6.66. The number of nitrogens with one attached hydrogen (secondary N) is 1. The molecule has 4 rings (SSSR count). The van der Waals surface area contributed by atoms with Gasteiger partial charge in [0.2, 0.25) is 0 Å². The number of carbonyl (C=O) groups excluding carboxylic acids is 1. The molecular weight excluding hydrogens is 280 g/mol. The van der Waals surface area contributed by atoms with Gasteiger partial charge < -0.3 is 4.90 Å². The normalized spacial score (nSPS) is 23.8. The van der Waals surface area contributed by atoms with Gasteiger partial charge in [-0.1, -0.05) is 48.5 Å². The fraction of sp³-hybridized carbons (Fsp3) is 0.235. The summed E-state index contributed by atoms with van der Waals surface area (Å²) < 4.78 is 0. The summed E-state index contributed by atoms with van der Waals surface area (Å²) in [5.41, 5.74) is 3.29.